The minimum absolute atomic E-state index is 0.00130. The van der Waals surface area contributed by atoms with Crippen molar-refractivity contribution in [2.24, 2.45) is 4.99 Å². The van der Waals surface area contributed by atoms with Crippen molar-refractivity contribution in [3.8, 4) is 17.1 Å². The normalized spacial score (nSPS) is 14.1. The molecule has 2 heterocycles. The molecule has 0 fully saturated rings. The summed E-state index contributed by atoms with van der Waals surface area (Å²) in [5, 5.41) is 10.3. The topological polar surface area (TPSA) is 65.4 Å². The third-order valence-electron chi connectivity index (χ3n) is 4.61. The number of hydrogen-bond donors (Lipinski definition) is 2. The summed E-state index contributed by atoms with van der Waals surface area (Å²) < 4.78 is 77.3. The maximum atomic E-state index is 13.0. The van der Waals surface area contributed by atoms with Crippen LogP contribution < -0.4 is 0 Å². The summed E-state index contributed by atoms with van der Waals surface area (Å²) in [5.41, 5.74) is -2.08. The Balaban J connectivity index is 1.80. The maximum Gasteiger partial charge on any atom is 0.416 e. The fourth-order valence-corrected chi connectivity index (χ4v) is 3.24. The number of aromatic amines is 1. The molecule has 0 unspecified atom stereocenters. The van der Waals surface area contributed by atoms with Crippen LogP contribution in [-0.2, 0) is 12.4 Å². The number of halogens is 6. The van der Waals surface area contributed by atoms with Crippen molar-refractivity contribution in [2.45, 2.75) is 12.4 Å². The van der Waals surface area contributed by atoms with E-state index < -0.39 is 35.3 Å². The van der Waals surface area contributed by atoms with Gasteiger partial charge in [-0.1, -0.05) is 24.3 Å². The Labute approximate surface area is 164 Å². The van der Waals surface area contributed by atoms with Crippen LogP contribution in [-0.4, -0.2) is 21.7 Å². The Hall–Kier alpha value is -3.56. The van der Waals surface area contributed by atoms with E-state index in [9.17, 15) is 36.2 Å². The summed E-state index contributed by atoms with van der Waals surface area (Å²) in [6, 6.07) is 7.95. The fraction of sp³-hybridized carbons (Fsp3) is 0.100. The third-order valence-corrected chi connectivity index (χ3v) is 4.61. The average Bonchev–Trinajstić information content (AvgIpc) is 3.19. The van der Waals surface area contributed by atoms with Gasteiger partial charge >= 0.3 is 12.4 Å². The van der Waals surface area contributed by atoms with E-state index in [0.717, 1.165) is 42.5 Å². The number of aliphatic imine (C=N–C) groups is 1. The van der Waals surface area contributed by atoms with Crippen LogP contribution in [0, 0.1) is 0 Å². The van der Waals surface area contributed by atoms with Gasteiger partial charge in [-0.15, -0.1) is 0 Å². The lowest BCUT2D eigenvalue weighted by Crippen LogP contribution is -2.06. The van der Waals surface area contributed by atoms with Crippen molar-refractivity contribution in [2.75, 3.05) is 0 Å². The van der Waals surface area contributed by atoms with Gasteiger partial charge in [0.15, 0.2) is 5.88 Å². The van der Waals surface area contributed by atoms with Crippen molar-refractivity contribution >= 4 is 11.6 Å². The lowest BCUT2D eigenvalue weighted by Gasteiger charge is -2.08. The standard InChI is InChI=1S/C20H10F6N2O2/c21-19(22,23)11-6-4-9(5-7-11)15-13-14(18(30)27-15)16(28-17(13)29)10-2-1-3-12(8-10)20(24,25)26/h1-8,28-29H. The van der Waals surface area contributed by atoms with E-state index in [2.05, 4.69) is 9.98 Å². The number of aromatic nitrogens is 1. The first-order chi connectivity index (χ1) is 14.0. The van der Waals surface area contributed by atoms with E-state index >= 15 is 0 Å². The van der Waals surface area contributed by atoms with Crippen LogP contribution in [0.1, 0.15) is 32.6 Å². The van der Waals surface area contributed by atoms with E-state index in [4.69, 9.17) is 0 Å². The number of rotatable bonds is 2. The highest BCUT2D eigenvalue weighted by Crippen LogP contribution is 2.40. The van der Waals surface area contributed by atoms with Crippen molar-refractivity contribution in [3.05, 3.63) is 76.3 Å². The Morgan fingerprint density at radius 1 is 0.800 bits per heavy atom. The fourth-order valence-electron chi connectivity index (χ4n) is 3.24. The van der Waals surface area contributed by atoms with Gasteiger partial charge in [-0.25, -0.2) is 4.99 Å². The zero-order chi connectivity index (χ0) is 21.8. The van der Waals surface area contributed by atoms with Crippen LogP contribution in [0.25, 0.3) is 11.3 Å². The molecule has 3 aromatic rings. The number of carbonyl (C=O) groups is 1. The van der Waals surface area contributed by atoms with Crippen molar-refractivity contribution in [3.63, 3.8) is 0 Å². The van der Waals surface area contributed by atoms with Crippen molar-refractivity contribution in [1.82, 2.24) is 4.98 Å². The number of hydrogen-bond acceptors (Lipinski definition) is 2. The zero-order valence-electron chi connectivity index (χ0n) is 14.7. The summed E-state index contributed by atoms with van der Waals surface area (Å²) in [6.07, 6.45) is -9.16. The Morgan fingerprint density at radius 2 is 1.43 bits per heavy atom. The Bertz CT molecular complexity index is 1190. The van der Waals surface area contributed by atoms with Crippen molar-refractivity contribution < 1.29 is 36.2 Å². The van der Waals surface area contributed by atoms with E-state index in [1.807, 2.05) is 0 Å². The molecule has 2 aromatic carbocycles. The van der Waals surface area contributed by atoms with Gasteiger partial charge in [-0.05, 0) is 29.8 Å². The molecule has 0 aliphatic carbocycles. The molecule has 0 spiro atoms. The second kappa shape index (κ2) is 6.48. The van der Waals surface area contributed by atoms with Gasteiger partial charge in [0, 0.05) is 5.56 Å². The summed E-state index contributed by atoms with van der Waals surface area (Å²) in [6.45, 7) is 0. The van der Waals surface area contributed by atoms with Crippen LogP contribution in [0.2, 0.25) is 0 Å². The van der Waals surface area contributed by atoms with E-state index in [0.29, 0.717) is 0 Å². The number of aromatic hydroxyl groups is 1. The molecule has 1 amide bonds. The lowest BCUT2D eigenvalue weighted by molar-refractivity contribution is -0.138. The highest BCUT2D eigenvalue weighted by Gasteiger charge is 2.36. The smallest absolute Gasteiger partial charge is 0.416 e. The molecule has 1 aliphatic rings. The first-order valence-corrected chi connectivity index (χ1v) is 8.40. The van der Waals surface area contributed by atoms with E-state index in [-0.39, 0.29) is 33.7 Å². The lowest BCUT2D eigenvalue weighted by atomic mass is 9.98. The predicted molar refractivity (Wildman–Crippen MR) is 94.3 cm³/mol. The molecule has 4 nitrogen and oxygen atoms in total. The molecule has 1 aliphatic heterocycles. The summed E-state index contributed by atoms with van der Waals surface area (Å²) in [7, 11) is 0. The second-order valence-electron chi connectivity index (χ2n) is 6.52. The monoisotopic (exact) mass is 424 g/mol. The molecule has 2 N–H and O–H groups in total. The number of H-pyrrole nitrogens is 1. The number of fused-ring (bicyclic) bond motifs is 1. The second-order valence-corrected chi connectivity index (χ2v) is 6.52. The molecule has 4 rings (SSSR count). The first kappa shape index (κ1) is 19.7. The molecular weight excluding hydrogens is 414 g/mol. The maximum absolute atomic E-state index is 13.0. The SMILES string of the molecule is O=C1N=C(c2ccc(C(F)(F)F)cc2)c2c(O)[nH]c(-c3cccc(C(F)(F)F)c3)c21. The van der Waals surface area contributed by atoms with Gasteiger partial charge in [0.1, 0.15) is 0 Å². The summed E-state index contributed by atoms with van der Waals surface area (Å²) in [5.74, 6) is -1.36. The van der Waals surface area contributed by atoms with Crippen LogP contribution >= 0.6 is 0 Å². The van der Waals surface area contributed by atoms with E-state index in [1.165, 1.54) is 6.07 Å². The average molecular weight is 424 g/mol. The molecule has 0 saturated carbocycles. The van der Waals surface area contributed by atoms with Crippen LogP contribution in [0.4, 0.5) is 26.3 Å². The zero-order valence-corrected chi connectivity index (χ0v) is 14.7. The highest BCUT2D eigenvalue weighted by molar-refractivity contribution is 6.30. The van der Waals surface area contributed by atoms with Gasteiger partial charge < -0.3 is 10.1 Å². The van der Waals surface area contributed by atoms with Crippen LogP contribution in [0.5, 0.6) is 5.88 Å². The number of nitrogens with zero attached hydrogens (tertiary/aromatic N) is 1. The third kappa shape index (κ3) is 3.23. The van der Waals surface area contributed by atoms with Gasteiger partial charge in [0.2, 0.25) is 0 Å². The minimum atomic E-state index is -4.61. The predicted octanol–water partition coefficient (Wildman–Crippen LogP) is 5.42. The molecule has 0 atom stereocenters. The molecule has 154 valence electrons. The van der Waals surface area contributed by atoms with Gasteiger partial charge in [-0.2, -0.15) is 26.3 Å². The van der Waals surface area contributed by atoms with Gasteiger partial charge in [-0.3, -0.25) is 4.79 Å². The first-order valence-electron chi connectivity index (χ1n) is 8.40. The number of carbonyl (C=O) groups excluding carboxylic acids is 1. The molecule has 30 heavy (non-hydrogen) atoms. The van der Waals surface area contributed by atoms with Crippen LogP contribution in [0.3, 0.4) is 0 Å². The number of amides is 1. The quantitative estimate of drug-likeness (QED) is 0.540. The Kier molecular flexibility index (Phi) is 4.26. The van der Waals surface area contributed by atoms with Gasteiger partial charge in [0.05, 0.1) is 33.7 Å². The minimum Gasteiger partial charge on any atom is -0.494 e. The summed E-state index contributed by atoms with van der Waals surface area (Å²) in [4.78, 5) is 18.7. The highest BCUT2D eigenvalue weighted by atomic mass is 19.4. The van der Waals surface area contributed by atoms with Crippen molar-refractivity contribution in [1.29, 1.82) is 0 Å². The number of nitrogens with one attached hydrogen (secondary N) is 1. The largest absolute Gasteiger partial charge is 0.494 e. The van der Waals surface area contributed by atoms with E-state index in [1.54, 1.807) is 0 Å². The molecule has 0 saturated heterocycles. The molecule has 1 aromatic heterocycles. The molecule has 0 bridgehead atoms. The number of alkyl halides is 6. The molecule has 0 radical (unpaired) electrons. The van der Waals surface area contributed by atoms with Gasteiger partial charge in [0.25, 0.3) is 5.91 Å². The summed E-state index contributed by atoms with van der Waals surface area (Å²) >= 11 is 0. The number of benzene rings is 2. The molecular formula is C20H10F6N2O2. The molecule has 10 heteroatoms. The van der Waals surface area contributed by atoms with Crippen LogP contribution in [0.15, 0.2) is 53.5 Å². The Morgan fingerprint density at radius 3 is 2.03 bits per heavy atom.